The van der Waals surface area contributed by atoms with Crippen molar-refractivity contribution >= 4 is 29.0 Å². The van der Waals surface area contributed by atoms with Gasteiger partial charge >= 0.3 is 12.0 Å². The number of methoxy groups -OCH3 is 1. The minimum atomic E-state index is -0.435. The van der Waals surface area contributed by atoms with Gasteiger partial charge in [-0.15, -0.1) is 11.3 Å². The number of carbonyl (C=O) groups excluding carboxylic acids is 2. The van der Waals surface area contributed by atoms with Crippen molar-refractivity contribution in [1.82, 2.24) is 9.47 Å². The van der Waals surface area contributed by atoms with E-state index in [4.69, 9.17) is 4.74 Å². The number of aryl methyl sites for hydroxylation is 1. The Balaban J connectivity index is 1.45. The summed E-state index contributed by atoms with van der Waals surface area (Å²) in [5, 5.41) is 4.29. The van der Waals surface area contributed by atoms with Crippen molar-refractivity contribution in [2.24, 2.45) is 0 Å². The maximum absolute atomic E-state index is 14.0. The van der Waals surface area contributed by atoms with E-state index in [2.05, 4.69) is 40.3 Å². The number of anilines is 1. The van der Waals surface area contributed by atoms with Gasteiger partial charge in [0.1, 0.15) is 5.00 Å². The fourth-order valence-electron chi connectivity index (χ4n) is 5.41. The lowest BCUT2D eigenvalue weighted by atomic mass is 9.95. The third-order valence-electron chi connectivity index (χ3n) is 7.09. The quantitative estimate of drug-likeness (QED) is 0.336. The molecule has 0 bridgehead atoms. The molecule has 1 N–H and O–H groups in total. The summed E-state index contributed by atoms with van der Waals surface area (Å²) < 4.78 is 7.13. The lowest BCUT2D eigenvalue weighted by molar-refractivity contribution is 0.0600. The number of fused-ring (bicyclic) bond motifs is 5. The average Bonchev–Trinajstić information content (AvgIpc) is 3.50. The third kappa shape index (κ3) is 3.89. The molecule has 1 aliphatic carbocycles. The molecule has 2 amide bonds. The number of nitrogens with one attached hydrogen (secondary N) is 1. The second-order valence-corrected chi connectivity index (χ2v) is 10.3. The Morgan fingerprint density at radius 1 is 0.972 bits per heavy atom. The number of hydrogen-bond acceptors (Lipinski definition) is 4. The molecule has 3 heterocycles. The number of nitrogens with zero attached hydrogens (tertiary/aromatic N) is 2. The molecule has 0 spiro atoms. The number of hydrogen-bond donors (Lipinski definition) is 1. The molecule has 1 atom stereocenters. The molecule has 7 heteroatoms. The van der Waals surface area contributed by atoms with E-state index in [0.717, 1.165) is 24.1 Å². The highest BCUT2D eigenvalue weighted by molar-refractivity contribution is 7.15. The summed E-state index contributed by atoms with van der Waals surface area (Å²) in [5.74, 6) is -0.435. The number of carbonyl (C=O) groups is 2. The van der Waals surface area contributed by atoms with Crippen molar-refractivity contribution in [3.8, 4) is 5.00 Å². The largest absolute Gasteiger partial charge is 0.465 e. The first-order valence-electron chi connectivity index (χ1n) is 12.3. The first kappa shape index (κ1) is 22.6. The van der Waals surface area contributed by atoms with Crippen LogP contribution in [0.2, 0.25) is 0 Å². The van der Waals surface area contributed by atoms with Crippen LogP contribution < -0.4 is 5.32 Å². The van der Waals surface area contributed by atoms with Gasteiger partial charge < -0.3 is 19.5 Å². The Labute approximate surface area is 214 Å². The van der Waals surface area contributed by atoms with Gasteiger partial charge in [0.2, 0.25) is 0 Å². The standard InChI is InChI=1S/C29H27N3O3S/c1-35-28(33)20-11-7-12-21(17-20)30-29(34)32-18-23-22-13-5-6-15-25(22)36-27(23)31-16-8-14-24(31)26(32)19-9-3-2-4-10-19/h2-4,7-12,14,16-17,26H,5-6,13,15,18H2,1H3,(H,30,34)/t26-/m1/s1. The van der Waals surface area contributed by atoms with Crippen molar-refractivity contribution in [2.75, 3.05) is 12.4 Å². The Hall–Kier alpha value is -3.84. The van der Waals surface area contributed by atoms with Crippen LogP contribution >= 0.6 is 11.3 Å². The molecular formula is C29H27N3O3S. The van der Waals surface area contributed by atoms with Gasteiger partial charge in [-0.2, -0.15) is 0 Å². The van der Waals surface area contributed by atoms with E-state index in [1.807, 2.05) is 34.4 Å². The van der Waals surface area contributed by atoms with Crippen LogP contribution in [0.1, 0.15) is 56.5 Å². The van der Waals surface area contributed by atoms with E-state index in [0.29, 0.717) is 17.8 Å². The Kier molecular flexibility index (Phi) is 5.85. The highest BCUT2D eigenvalue weighted by atomic mass is 32.1. The average molecular weight is 498 g/mol. The minimum absolute atomic E-state index is 0.206. The zero-order valence-corrected chi connectivity index (χ0v) is 20.9. The predicted molar refractivity (Wildman–Crippen MR) is 141 cm³/mol. The van der Waals surface area contributed by atoms with Gasteiger partial charge in [0.25, 0.3) is 0 Å². The lowest BCUT2D eigenvalue weighted by Crippen LogP contribution is -2.38. The third-order valence-corrected chi connectivity index (χ3v) is 8.42. The van der Waals surface area contributed by atoms with Crippen molar-refractivity contribution in [1.29, 1.82) is 0 Å². The first-order chi connectivity index (χ1) is 17.6. The Bertz CT molecular complexity index is 1440. The number of thiophene rings is 1. The molecule has 2 aromatic heterocycles. The monoisotopic (exact) mass is 497 g/mol. The number of urea groups is 1. The minimum Gasteiger partial charge on any atom is -0.465 e. The molecule has 0 saturated heterocycles. The first-order valence-corrected chi connectivity index (χ1v) is 13.1. The highest BCUT2D eigenvalue weighted by Crippen LogP contribution is 2.44. The van der Waals surface area contributed by atoms with Crippen molar-refractivity contribution in [3.63, 3.8) is 0 Å². The van der Waals surface area contributed by atoms with Crippen molar-refractivity contribution in [2.45, 2.75) is 38.3 Å². The van der Waals surface area contributed by atoms with Crippen LogP contribution in [-0.2, 0) is 24.1 Å². The molecule has 0 unspecified atom stereocenters. The van der Waals surface area contributed by atoms with Crippen LogP contribution in [0.15, 0.2) is 72.9 Å². The van der Waals surface area contributed by atoms with Gasteiger partial charge in [-0.25, -0.2) is 9.59 Å². The molecule has 6 nitrogen and oxygen atoms in total. The zero-order valence-electron chi connectivity index (χ0n) is 20.1. The summed E-state index contributed by atoms with van der Waals surface area (Å²) in [4.78, 5) is 29.4. The van der Waals surface area contributed by atoms with Gasteiger partial charge in [0.15, 0.2) is 0 Å². The molecule has 1 aliphatic heterocycles. The topological polar surface area (TPSA) is 63.6 Å². The molecule has 0 fully saturated rings. The molecule has 36 heavy (non-hydrogen) atoms. The van der Waals surface area contributed by atoms with Crippen LogP contribution in [0.4, 0.5) is 10.5 Å². The van der Waals surface area contributed by atoms with E-state index in [-0.39, 0.29) is 12.1 Å². The maximum Gasteiger partial charge on any atom is 0.337 e. The summed E-state index contributed by atoms with van der Waals surface area (Å²) in [6, 6.07) is 20.8. The van der Waals surface area contributed by atoms with Gasteiger partial charge in [-0.1, -0.05) is 36.4 Å². The molecular weight excluding hydrogens is 470 g/mol. The number of esters is 1. The van der Waals surface area contributed by atoms with E-state index in [1.165, 1.54) is 41.0 Å². The van der Waals surface area contributed by atoms with E-state index in [9.17, 15) is 9.59 Å². The van der Waals surface area contributed by atoms with E-state index in [1.54, 1.807) is 24.3 Å². The molecule has 2 aromatic carbocycles. The van der Waals surface area contributed by atoms with Crippen molar-refractivity contribution in [3.05, 3.63) is 106 Å². The summed E-state index contributed by atoms with van der Waals surface area (Å²) in [6.07, 6.45) is 6.69. The zero-order chi connectivity index (χ0) is 24.6. The molecule has 0 radical (unpaired) electrons. The summed E-state index contributed by atoms with van der Waals surface area (Å²) in [7, 11) is 1.35. The van der Waals surface area contributed by atoms with E-state index >= 15 is 0 Å². The molecule has 6 rings (SSSR count). The summed E-state index contributed by atoms with van der Waals surface area (Å²) in [5.41, 5.74) is 5.75. The fraction of sp³-hybridized carbons (Fsp3) is 0.241. The second-order valence-electron chi connectivity index (χ2n) is 9.24. The molecule has 2 aliphatic rings. The fourth-order valence-corrected chi connectivity index (χ4v) is 6.81. The lowest BCUT2D eigenvalue weighted by Gasteiger charge is -2.31. The summed E-state index contributed by atoms with van der Waals surface area (Å²) in [6.45, 7) is 0.519. The number of ether oxygens (including phenoxy) is 1. The highest BCUT2D eigenvalue weighted by Gasteiger charge is 2.36. The number of amides is 2. The molecule has 0 saturated carbocycles. The van der Waals surface area contributed by atoms with Crippen LogP contribution in [0.5, 0.6) is 0 Å². The predicted octanol–water partition coefficient (Wildman–Crippen LogP) is 6.34. The van der Waals surface area contributed by atoms with Gasteiger partial charge in [-0.3, -0.25) is 0 Å². The number of rotatable bonds is 3. The van der Waals surface area contributed by atoms with Gasteiger partial charge in [0.05, 0.1) is 31.0 Å². The number of benzene rings is 2. The van der Waals surface area contributed by atoms with Gasteiger partial charge in [0, 0.05) is 22.3 Å². The van der Waals surface area contributed by atoms with Crippen LogP contribution in [-0.4, -0.2) is 28.6 Å². The summed E-state index contributed by atoms with van der Waals surface area (Å²) >= 11 is 1.87. The van der Waals surface area contributed by atoms with Crippen LogP contribution in [0, 0.1) is 0 Å². The van der Waals surface area contributed by atoms with Crippen LogP contribution in [0.25, 0.3) is 5.00 Å². The molecule has 182 valence electrons. The normalized spacial score (nSPS) is 16.4. The van der Waals surface area contributed by atoms with Crippen molar-refractivity contribution < 1.29 is 14.3 Å². The van der Waals surface area contributed by atoms with Gasteiger partial charge in [-0.05, 0) is 67.1 Å². The second kappa shape index (κ2) is 9.32. The van der Waals surface area contributed by atoms with E-state index < -0.39 is 5.97 Å². The maximum atomic E-state index is 14.0. The molecule has 4 aromatic rings. The SMILES string of the molecule is COC(=O)c1cccc(NC(=O)N2Cc3c(sc4c3CCCC4)-n3cccc3[C@H]2c2ccccc2)c1. The van der Waals surface area contributed by atoms with Crippen LogP contribution in [0.3, 0.4) is 0 Å². The Morgan fingerprint density at radius 3 is 2.64 bits per heavy atom. The smallest absolute Gasteiger partial charge is 0.337 e. The number of aromatic nitrogens is 1. The Morgan fingerprint density at radius 2 is 1.81 bits per heavy atom.